The number of nitrogens with zero attached hydrogens (tertiary/aromatic N) is 3. The number of carbonyl (C=O) groups is 1. The summed E-state index contributed by atoms with van der Waals surface area (Å²) in [7, 11) is 3.55. The molecule has 192 valence electrons. The maximum absolute atomic E-state index is 14.1. The first-order valence-electron chi connectivity index (χ1n) is 11.0. The molecule has 1 unspecified atom stereocenters. The van der Waals surface area contributed by atoms with Crippen molar-refractivity contribution >= 4 is 29.5 Å². The van der Waals surface area contributed by atoms with Crippen molar-refractivity contribution in [2.45, 2.75) is 30.8 Å². The Bertz CT molecular complexity index is 1040. The predicted molar refractivity (Wildman–Crippen MR) is 127 cm³/mol. The summed E-state index contributed by atoms with van der Waals surface area (Å²) in [6, 6.07) is 8.08. The summed E-state index contributed by atoms with van der Waals surface area (Å²) in [6.45, 7) is 1.36. The van der Waals surface area contributed by atoms with E-state index in [9.17, 15) is 27.5 Å². The van der Waals surface area contributed by atoms with E-state index in [1.54, 1.807) is 24.1 Å². The highest BCUT2D eigenvalue weighted by molar-refractivity contribution is 6.42. The predicted octanol–water partition coefficient (Wildman–Crippen LogP) is 4.50. The first-order chi connectivity index (χ1) is 16.5. The van der Waals surface area contributed by atoms with Crippen LogP contribution in [0.5, 0.6) is 0 Å². The summed E-state index contributed by atoms with van der Waals surface area (Å²) >= 11 is 12.3. The van der Waals surface area contributed by atoms with Crippen LogP contribution in [0.4, 0.5) is 17.6 Å². The van der Waals surface area contributed by atoms with Gasteiger partial charge in [0.1, 0.15) is 12.0 Å². The molecule has 0 aromatic heterocycles. The van der Waals surface area contributed by atoms with E-state index in [0.29, 0.717) is 35.2 Å². The first kappa shape index (κ1) is 27.8. The topological polar surface area (TPSA) is 47.0 Å². The SMILES string of the molecule is CN(CCO)C(C=O)N1C[C@H](c2ccc(Cl)c(Cl)c2)[C@H](N(C)Cc2ccc(C(F)(F)F)c(F)c2)C1. The first-order valence-corrected chi connectivity index (χ1v) is 11.7. The lowest BCUT2D eigenvalue weighted by atomic mass is 9.93. The molecule has 3 atom stereocenters. The van der Waals surface area contributed by atoms with Crippen molar-refractivity contribution in [2.75, 3.05) is 40.3 Å². The van der Waals surface area contributed by atoms with Gasteiger partial charge < -0.3 is 9.90 Å². The molecule has 1 heterocycles. The molecular weight excluding hydrogens is 509 g/mol. The minimum atomic E-state index is -4.76. The number of aliphatic hydroxyl groups excluding tert-OH is 1. The van der Waals surface area contributed by atoms with Crippen molar-refractivity contribution in [1.82, 2.24) is 14.7 Å². The molecule has 1 saturated heterocycles. The van der Waals surface area contributed by atoms with Crippen LogP contribution in [-0.4, -0.2) is 78.6 Å². The zero-order valence-corrected chi connectivity index (χ0v) is 20.8. The van der Waals surface area contributed by atoms with Gasteiger partial charge in [-0.1, -0.05) is 35.3 Å². The van der Waals surface area contributed by atoms with Gasteiger partial charge in [0.05, 0.1) is 22.2 Å². The highest BCUT2D eigenvalue weighted by Gasteiger charge is 2.40. The second-order valence-corrected chi connectivity index (χ2v) is 9.60. The van der Waals surface area contributed by atoms with Crippen molar-refractivity contribution in [3.8, 4) is 0 Å². The molecule has 2 aromatic rings. The van der Waals surface area contributed by atoms with E-state index in [0.717, 1.165) is 24.0 Å². The van der Waals surface area contributed by atoms with E-state index in [4.69, 9.17) is 23.2 Å². The molecule has 11 heteroatoms. The van der Waals surface area contributed by atoms with E-state index in [1.807, 2.05) is 22.9 Å². The Kier molecular flexibility index (Phi) is 9.17. The molecular formula is C24H27Cl2F4N3O2. The standard InChI is InChI=1S/C24H27Cl2F4N3O2/c1-31(7-8-34)23(14-35)33-12-17(16-4-6-19(25)20(26)10-16)22(13-33)32(2)11-15-3-5-18(21(27)9-15)24(28,29)30/h3-6,9-10,14,17,22-23,34H,7-8,11-13H2,1-2H3/t17-,22-,23?/m1/s1. The maximum Gasteiger partial charge on any atom is 0.419 e. The number of rotatable bonds is 9. The molecule has 1 N–H and O–H groups in total. The zero-order chi connectivity index (χ0) is 25.9. The van der Waals surface area contributed by atoms with Crippen LogP contribution in [0.1, 0.15) is 22.6 Å². The van der Waals surface area contributed by atoms with Crippen LogP contribution in [0, 0.1) is 5.82 Å². The Morgan fingerprint density at radius 3 is 2.43 bits per heavy atom. The molecule has 0 spiro atoms. The van der Waals surface area contributed by atoms with Gasteiger partial charge in [0.2, 0.25) is 0 Å². The number of alkyl halides is 3. The molecule has 3 rings (SSSR count). The van der Waals surface area contributed by atoms with Gasteiger partial charge in [0, 0.05) is 38.1 Å². The number of benzene rings is 2. The van der Waals surface area contributed by atoms with Gasteiger partial charge in [-0.25, -0.2) is 4.39 Å². The number of hydrogen-bond donors (Lipinski definition) is 1. The lowest BCUT2D eigenvalue weighted by Gasteiger charge is -2.32. The molecule has 0 bridgehead atoms. The molecule has 0 aliphatic carbocycles. The molecule has 0 radical (unpaired) electrons. The number of aldehydes is 1. The Labute approximate surface area is 211 Å². The van der Waals surface area contributed by atoms with Crippen LogP contribution in [0.2, 0.25) is 10.0 Å². The molecule has 5 nitrogen and oxygen atoms in total. The number of hydrogen-bond acceptors (Lipinski definition) is 5. The lowest BCUT2D eigenvalue weighted by molar-refractivity contribution is -0.140. The van der Waals surface area contributed by atoms with Gasteiger partial charge in [0.25, 0.3) is 0 Å². The summed E-state index contributed by atoms with van der Waals surface area (Å²) in [5.74, 6) is -1.43. The number of carbonyl (C=O) groups excluding carboxylic acids is 1. The maximum atomic E-state index is 14.1. The summed E-state index contributed by atoms with van der Waals surface area (Å²) < 4.78 is 52.9. The van der Waals surface area contributed by atoms with E-state index in [-0.39, 0.29) is 25.1 Å². The molecule has 2 aromatic carbocycles. The fraction of sp³-hybridized carbons (Fsp3) is 0.458. The fourth-order valence-corrected chi connectivity index (χ4v) is 4.91. The van der Waals surface area contributed by atoms with Gasteiger partial charge in [-0.15, -0.1) is 0 Å². The quantitative estimate of drug-likeness (QED) is 0.378. The van der Waals surface area contributed by atoms with Crippen LogP contribution in [-0.2, 0) is 17.5 Å². The number of aliphatic hydroxyl groups is 1. The number of halogens is 6. The van der Waals surface area contributed by atoms with Crippen molar-refractivity contribution in [1.29, 1.82) is 0 Å². The van der Waals surface area contributed by atoms with Crippen molar-refractivity contribution < 1.29 is 27.5 Å². The summed E-state index contributed by atoms with van der Waals surface area (Å²) in [4.78, 5) is 17.6. The summed E-state index contributed by atoms with van der Waals surface area (Å²) in [6.07, 6.45) is -4.52. The average molecular weight is 536 g/mol. The van der Waals surface area contributed by atoms with E-state index in [2.05, 4.69) is 0 Å². The third-order valence-corrected chi connectivity index (χ3v) is 7.17. The molecule has 1 fully saturated rings. The normalized spacial score (nSPS) is 20.1. The summed E-state index contributed by atoms with van der Waals surface area (Å²) in [5, 5.41) is 10.1. The third-order valence-electron chi connectivity index (χ3n) is 6.43. The Morgan fingerprint density at radius 1 is 1.14 bits per heavy atom. The Balaban J connectivity index is 1.88. The average Bonchev–Trinajstić information content (AvgIpc) is 3.20. The van der Waals surface area contributed by atoms with Gasteiger partial charge >= 0.3 is 6.18 Å². The van der Waals surface area contributed by atoms with Gasteiger partial charge in [0.15, 0.2) is 6.29 Å². The van der Waals surface area contributed by atoms with E-state index >= 15 is 0 Å². The van der Waals surface area contributed by atoms with Crippen LogP contribution in [0.25, 0.3) is 0 Å². The van der Waals surface area contributed by atoms with Gasteiger partial charge in [-0.05, 0) is 49.5 Å². The number of likely N-dealkylation sites (tertiary alicyclic amines) is 1. The second-order valence-electron chi connectivity index (χ2n) is 8.78. The number of likely N-dealkylation sites (N-methyl/N-ethyl adjacent to an activating group) is 2. The van der Waals surface area contributed by atoms with Crippen LogP contribution < -0.4 is 0 Å². The molecule has 0 saturated carbocycles. The van der Waals surface area contributed by atoms with Gasteiger partial charge in [-0.2, -0.15) is 13.2 Å². The molecule has 1 aliphatic rings. The highest BCUT2D eigenvalue weighted by atomic mass is 35.5. The van der Waals surface area contributed by atoms with Gasteiger partial charge in [-0.3, -0.25) is 14.7 Å². The molecule has 35 heavy (non-hydrogen) atoms. The zero-order valence-electron chi connectivity index (χ0n) is 19.3. The van der Waals surface area contributed by atoms with Crippen molar-refractivity contribution in [3.63, 3.8) is 0 Å². The minimum Gasteiger partial charge on any atom is -0.395 e. The third kappa shape index (κ3) is 6.53. The van der Waals surface area contributed by atoms with Crippen molar-refractivity contribution in [2.24, 2.45) is 0 Å². The molecule has 0 amide bonds. The highest BCUT2D eigenvalue weighted by Crippen LogP contribution is 2.36. The van der Waals surface area contributed by atoms with Crippen LogP contribution in [0.15, 0.2) is 36.4 Å². The van der Waals surface area contributed by atoms with Crippen molar-refractivity contribution in [3.05, 3.63) is 69.0 Å². The Morgan fingerprint density at radius 2 is 1.86 bits per heavy atom. The smallest absolute Gasteiger partial charge is 0.395 e. The summed E-state index contributed by atoms with van der Waals surface area (Å²) in [5.41, 5.74) is -0.00847. The second kappa shape index (κ2) is 11.5. The minimum absolute atomic E-state index is 0.103. The van der Waals surface area contributed by atoms with Crippen LogP contribution in [0.3, 0.4) is 0 Å². The molecule has 1 aliphatic heterocycles. The largest absolute Gasteiger partial charge is 0.419 e. The van der Waals surface area contributed by atoms with E-state index in [1.165, 1.54) is 6.07 Å². The monoisotopic (exact) mass is 535 g/mol. The van der Waals surface area contributed by atoms with E-state index < -0.39 is 23.7 Å². The lowest BCUT2D eigenvalue weighted by Crippen LogP contribution is -2.48. The Hall–Kier alpha value is -1.75. The fourth-order valence-electron chi connectivity index (χ4n) is 4.60. The van der Waals surface area contributed by atoms with Crippen LogP contribution >= 0.6 is 23.2 Å².